The first kappa shape index (κ1) is 22.8. The minimum atomic E-state index is -1.97. The molecule has 4 rings (SSSR count). The molecule has 1 saturated carbocycles. The minimum Gasteiger partial charge on any atom is -0.447 e. The topological polar surface area (TPSA) is 143 Å². The van der Waals surface area contributed by atoms with Gasteiger partial charge in [-0.25, -0.2) is 0 Å². The number of carbonyl (C=O) groups excluding carboxylic acids is 1. The van der Waals surface area contributed by atoms with Crippen LogP contribution < -0.4 is 5.32 Å². The van der Waals surface area contributed by atoms with Gasteiger partial charge in [-0.2, -0.15) is 15.8 Å². The van der Waals surface area contributed by atoms with Crippen molar-refractivity contribution in [2.45, 2.75) is 58.8 Å². The first-order valence-electron chi connectivity index (χ1n) is 11.1. The van der Waals surface area contributed by atoms with E-state index in [0.29, 0.717) is 24.1 Å². The fraction of sp³-hybridized carbons (Fsp3) is 0.560. The minimum absolute atomic E-state index is 0.0434. The van der Waals surface area contributed by atoms with E-state index in [1.807, 2.05) is 0 Å². The fourth-order valence-electron chi connectivity index (χ4n) is 5.87. The van der Waals surface area contributed by atoms with Crippen LogP contribution >= 0.6 is 0 Å². The zero-order valence-corrected chi connectivity index (χ0v) is 19.2. The molecule has 5 unspecified atom stereocenters. The van der Waals surface area contributed by atoms with Crippen molar-refractivity contribution in [3.8, 4) is 18.2 Å². The number of nitrogens with one attached hydrogen (secondary N) is 2. The predicted molar refractivity (Wildman–Crippen MR) is 118 cm³/mol. The summed E-state index contributed by atoms with van der Waals surface area (Å²) in [7, 11) is 0. The highest BCUT2D eigenvalue weighted by atomic mass is 16.7. The van der Waals surface area contributed by atoms with Crippen LogP contribution in [-0.4, -0.2) is 17.6 Å². The number of hydrogen-bond acceptors (Lipinski definition) is 7. The molecule has 0 aromatic heterocycles. The van der Waals surface area contributed by atoms with Crippen molar-refractivity contribution < 1.29 is 14.3 Å². The molecule has 1 aliphatic carbocycles. The van der Waals surface area contributed by atoms with Crippen molar-refractivity contribution in [2.75, 3.05) is 5.32 Å². The highest BCUT2D eigenvalue weighted by Crippen LogP contribution is 2.70. The van der Waals surface area contributed by atoms with E-state index >= 15 is 0 Å². The van der Waals surface area contributed by atoms with Crippen LogP contribution in [0, 0.1) is 67.5 Å². The molecule has 2 bridgehead atoms. The quantitative estimate of drug-likeness (QED) is 0.689. The Hall–Kier alpha value is -3.41. The summed E-state index contributed by atoms with van der Waals surface area (Å²) in [4.78, 5) is 11.4. The van der Waals surface area contributed by atoms with Gasteiger partial charge in [-0.15, -0.1) is 0 Å². The number of rotatable bonds is 2. The number of nitriles is 3. The Labute approximate surface area is 193 Å². The molecule has 8 heteroatoms. The Bertz CT molecular complexity index is 1120. The van der Waals surface area contributed by atoms with Gasteiger partial charge in [-0.3, -0.25) is 10.2 Å². The number of hydrogen-bond donors (Lipinski definition) is 2. The molecule has 3 aliphatic rings. The molecule has 0 radical (unpaired) electrons. The van der Waals surface area contributed by atoms with Gasteiger partial charge >= 0.3 is 0 Å². The van der Waals surface area contributed by atoms with Crippen molar-refractivity contribution in [1.29, 1.82) is 21.2 Å². The molecule has 2 heterocycles. The van der Waals surface area contributed by atoms with Crippen LogP contribution in [-0.2, 0) is 14.3 Å². The molecule has 170 valence electrons. The number of ether oxygens (including phenoxy) is 2. The molecule has 1 aromatic carbocycles. The summed E-state index contributed by atoms with van der Waals surface area (Å²) >= 11 is 0. The van der Waals surface area contributed by atoms with Gasteiger partial charge in [-0.05, 0) is 41.9 Å². The van der Waals surface area contributed by atoms with E-state index in [2.05, 4.69) is 44.3 Å². The van der Waals surface area contributed by atoms with Gasteiger partial charge in [0.1, 0.15) is 6.10 Å². The zero-order chi connectivity index (χ0) is 24.2. The highest BCUT2D eigenvalue weighted by molar-refractivity contribution is 5.90. The van der Waals surface area contributed by atoms with Crippen LogP contribution in [0.4, 0.5) is 5.69 Å². The van der Waals surface area contributed by atoms with Crippen molar-refractivity contribution in [3.63, 3.8) is 0 Å². The molecular weight excluding hydrogens is 418 g/mol. The Morgan fingerprint density at radius 1 is 1.15 bits per heavy atom. The lowest BCUT2D eigenvalue weighted by atomic mass is 9.49. The van der Waals surface area contributed by atoms with Crippen LogP contribution in [0.25, 0.3) is 0 Å². The molecule has 2 N–H and O–H groups in total. The summed E-state index contributed by atoms with van der Waals surface area (Å²) in [5, 5.41) is 42.6. The highest BCUT2D eigenvalue weighted by Gasteiger charge is 2.81. The molecule has 2 saturated heterocycles. The van der Waals surface area contributed by atoms with Crippen molar-refractivity contribution in [2.24, 2.45) is 28.1 Å². The van der Waals surface area contributed by atoms with Crippen LogP contribution in [0.1, 0.15) is 58.6 Å². The maximum Gasteiger partial charge on any atom is 0.221 e. The smallest absolute Gasteiger partial charge is 0.221 e. The molecule has 2 aliphatic heterocycles. The van der Waals surface area contributed by atoms with Crippen molar-refractivity contribution in [1.82, 2.24) is 0 Å². The molecule has 1 aromatic rings. The van der Waals surface area contributed by atoms with E-state index in [1.165, 1.54) is 6.92 Å². The summed E-state index contributed by atoms with van der Waals surface area (Å²) < 4.78 is 12.5. The molecule has 8 nitrogen and oxygen atoms in total. The monoisotopic (exact) mass is 445 g/mol. The number of nitrogens with zero attached hydrogens (tertiary/aromatic N) is 3. The first-order valence-corrected chi connectivity index (χ1v) is 11.1. The molecule has 3 fully saturated rings. The van der Waals surface area contributed by atoms with Crippen molar-refractivity contribution >= 4 is 17.5 Å². The molecule has 0 spiro atoms. The van der Waals surface area contributed by atoms with E-state index < -0.39 is 28.6 Å². The third-order valence-electron chi connectivity index (χ3n) is 7.67. The molecule has 1 amide bonds. The molecule has 33 heavy (non-hydrogen) atoms. The Morgan fingerprint density at radius 2 is 1.79 bits per heavy atom. The van der Waals surface area contributed by atoms with Gasteiger partial charge in [0.25, 0.3) is 0 Å². The maximum absolute atomic E-state index is 11.4. The largest absolute Gasteiger partial charge is 0.447 e. The Morgan fingerprint density at radius 3 is 2.30 bits per heavy atom. The average Bonchev–Trinajstić information content (AvgIpc) is 2.97. The summed E-state index contributed by atoms with van der Waals surface area (Å²) in [5.41, 5.74) is -2.69. The number of benzene rings is 1. The standard InChI is InChI=1S/C25H27N5O3/c1-15(31)30-18-7-5-16(6-8-18)20-23(12-26,13-27)24(14-28)19-11-17(22(2,3)4)9-10-25(19,32-20)33-21(24)29/h5-8,17,19-20,29H,9-11H2,1-4H3,(H,30,31). The van der Waals surface area contributed by atoms with Crippen LogP contribution in [0.2, 0.25) is 0 Å². The van der Waals surface area contributed by atoms with Gasteiger partial charge in [0.05, 0.1) is 24.1 Å². The summed E-state index contributed by atoms with van der Waals surface area (Å²) in [6.07, 6.45) is 0.691. The Balaban J connectivity index is 1.86. The van der Waals surface area contributed by atoms with Crippen LogP contribution in [0.5, 0.6) is 0 Å². The fourth-order valence-corrected chi connectivity index (χ4v) is 5.87. The van der Waals surface area contributed by atoms with E-state index in [-0.39, 0.29) is 23.1 Å². The number of amides is 1. The summed E-state index contributed by atoms with van der Waals surface area (Å²) in [6.45, 7) is 7.80. The number of carbonyl (C=O) groups is 1. The second-order valence-electron chi connectivity index (χ2n) is 10.4. The van der Waals surface area contributed by atoms with E-state index in [0.717, 1.165) is 6.42 Å². The first-order chi connectivity index (χ1) is 15.5. The van der Waals surface area contributed by atoms with E-state index in [4.69, 9.17) is 14.9 Å². The SMILES string of the molecule is CC(=O)Nc1ccc(C2OC34CCC(C(C)(C)C)CC3C(C#N)(C(=N)O4)C2(C#N)C#N)cc1. The van der Waals surface area contributed by atoms with Gasteiger partial charge < -0.3 is 14.8 Å². The lowest BCUT2D eigenvalue weighted by Crippen LogP contribution is -2.61. The third-order valence-corrected chi connectivity index (χ3v) is 7.67. The summed E-state index contributed by atoms with van der Waals surface area (Å²) in [5.74, 6) is -2.18. The predicted octanol–water partition coefficient (Wildman–Crippen LogP) is 4.43. The maximum atomic E-state index is 11.4. The van der Waals surface area contributed by atoms with Crippen LogP contribution in [0.3, 0.4) is 0 Å². The lowest BCUT2D eigenvalue weighted by Gasteiger charge is -2.54. The third kappa shape index (κ3) is 2.96. The van der Waals surface area contributed by atoms with Crippen LogP contribution in [0.15, 0.2) is 24.3 Å². The Kier molecular flexibility index (Phi) is 5.04. The molecular formula is C25H27N5O3. The average molecular weight is 446 g/mol. The lowest BCUT2D eigenvalue weighted by molar-refractivity contribution is -0.301. The zero-order valence-electron chi connectivity index (χ0n) is 19.2. The second-order valence-corrected chi connectivity index (χ2v) is 10.4. The molecule has 5 atom stereocenters. The summed E-state index contributed by atoms with van der Waals surface area (Å²) in [6, 6.07) is 13.1. The second kappa shape index (κ2) is 7.30. The van der Waals surface area contributed by atoms with Gasteiger partial charge in [0, 0.05) is 19.0 Å². The number of anilines is 1. The van der Waals surface area contributed by atoms with Gasteiger partial charge in [-0.1, -0.05) is 32.9 Å². The van der Waals surface area contributed by atoms with E-state index in [1.54, 1.807) is 24.3 Å². The van der Waals surface area contributed by atoms with E-state index in [9.17, 15) is 20.6 Å². The van der Waals surface area contributed by atoms with Gasteiger partial charge in [0.2, 0.25) is 23.0 Å². The van der Waals surface area contributed by atoms with Crippen molar-refractivity contribution in [3.05, 3.63) is 29.8 Å². The normalized spacial score (nSPS) is 34.1. The van der Waals surface area contributed by atoms with Gasteiger partial charge in [0.15, 0.2) is 5.41 Å².